The lowest BCUT2D eigenvalue weighted by Gasteiger charge is -2.17. The third kappa shape index (κ3) is 3.91. The highest BCUT2D eigenvalue weighted by Gasteiger charge is 2.33. The summed E-state index contributed by atoms with van der Waals surface area (Å²) in [5.74, 6) is -1.44. The Morgan fingerprint density at radius 2 is 1.78 bits per heavy atom. The van der Waals surface area contributed by atoms with Crippen molar-refractivity contribution in [3.63, 3.8) is 0 Å². The third-order valence-corrected chi connectivity index (χ3v) is 3.95. The number of nitrogens with zero attached hydrogens (tertiary/aromatic N) is 1. The van der Waals surface area contributed by atoms with Crippen LogP contribution in [0.3, 0.4) is 0 Å². The van der Waals surface area contributed by atoms with Gasteiger partial charge in [0.05, 0.1) is 32.3 Å². The van der Waals surface area contributed by atoms with Crippen molar-refractivity contribution in [1.82, 2.24) is 5.32 Å². The highest BCUT2D eigenvalue weighted by Crippen LogP contribution is 2.46. The van der Waals surface area contributed by atoms with E-state index in [9.17, 15) is 19.3 Å². The molecule has 0 aromatic heterocycles. The first-order valence-electron chi connectivity index (χ1n) is 7.88. The molecule has 27 heavy (non-hydrogen) atoms. The molecular weight excluding hydrogens is 359 g/mol. The predicted octanol–water partition coefficient (Wildman–Crippen LogP) is 3.25. The maximum absolute atomic E-state index is 13.9. The second kappa shape index (κ2) is 8.35. The number of ether oxygens (including phenoxy) is 3. The molecule has 0 aliphatic rings. The van der Waals surface area contributed by atoms with Crippen molar-refractivity contribution in [2.75, 3.05) is 21.3 Å². The van der Waals surface area contributed by atoms with E-state index < -0.39 is 28.4 Å². The molecule has 2 rings (SSSR count). The smallest absolute Gasteiger partial charge is 0.327 e. The first-order valence-corrected chi connectivity index (χ1v) is 7.88. The second-order valence-corrected chi connectivity index (χ2v) is 5.52. The molecule has 1 atom stereocenters. The SMILES string of the molecule is COc1cc(C(=O)NC(C)c2ccccc2F)c([N+](=O)[O-])c(OC)c1OC. The number of amides is 1. The second-order valence-electron chi connectivity index (χ2n) is 5.52. The Labute approximate surface area is 155 Å². The van der Waals surface area contributed by atoms with Crippen molar-refractivity contribution < 1.29 is 28.3 Å². The number of halogens is 1. The van der Waals surface area contributed by atoms with Crippen molar-refractivity contribution in [3.05, 3.63) is 57.4 Å². The van der Waals surface area contributed by atoms with Crippen LogP contribution in [0.4, 0.5) is 10.1 Å². The van der Waals surface area contributed by atoms with Crippen molar-refractivity contribution in [1.29, 1.82) is 0 Å². The molecule has 0 bridgehead atoms. The van der Waals surface area contributed by atoms with Crippen molar-refractivity contribution in [3.8, 4) is 17.2 Å². The number of nitro benzene ring substituents is 1. The Morgan fingerprint density at radius 3 is 2.30 bits per heavy atom. The van der Waals surface area contributed by atoms with E-state index in [1.54, 1.807) is 13.0 Å². The van der Waals surface area contributed by atoms with Gasteiger partial charge in [0.2, 0.25) is 11.5 Å². The molecular formula is C18H19FN2O6. The highest BCUT2D eigenvalue weighted by molar-refractivity contribution is 6.00. The van der Waals surface area contributed by atoms with Gasteiger partial charge in [-0.15, -0.1) is 0 Å². The van der Waals surface area contributed by atoms with Gasteiger partial charge in [-0.05, 0) is 13.0 Å². The van der Waals surface area contributed by atoms with Crippen molar-refractivity contribution >= 4 is 11.6 Å². The quantitative estimate of drug-likeness (QED) is 0.586. The molecule has 0 aliphatic heterocycles. The number of hydrogen-bond donors (Lipinski definition) is 1. The molecule has 0 spiro atoms. The molecule has 8 nitrogen and oxygen atoms in total. The number of nitrogens with one attached hydrogen (secondary N) is 1. The molecule has 144 valence electrons. The first kappa shape index (κ1) is 20.0. The van der Waals surface area contributed by atoms with Crippen LogP contribution in [0, 0.1) is 15.9 Å². The summed E-state index contributed by atoms with van der Waals surface area (Å²) < 4.78 is 29.3. The van der Waals surface area contributed by atoms with E-state index >= 15 is 0 Å². The van der Waals surface area contributed by atoms with Gasteiger partial charge >= 0.3 is 5.69 Å². The Morgan fingerprint density at radius 1 is 1.15 bits per heavy atom. The number of methoxy groups -OCH3 is 3. The van der Waals surface area contributed by atoms with Gasteiger partial charge in [0, 0.05) is 11.6 Å². The van der Waals surface area contributed by atoms with E-state index in [0.717, 1.165) is 0 Å². The van der Waals surface area contributed by atoms with E-state index in [2.05, 4.69) is 5.32 Å². The molecule has 2 aromatic rings. The van der Waals surface area contributed by atoms with Gasteiger partial charge in [-0.25, -0.2) is 4.39 Å². The molecule has 0 radical (unpaired) electrons. The van der Waals surface area contributed by atoms with Crippen LogP contribution in [-0.2, 0) is 0 Å². The molecule has 0 aliphatic carbocycles. The molecule has 1 amide bonds. The highest BCUT2D eigenvalue weighted by atomic mass is 19.1. The minimum Gasteiger partial charge on any atom is -0.493 e. The van der Waals surface area contributed by atoms with E-state index in [1.807, 2.05) is 0 Å². The minimum atomic E-state index is -0.781. The predicted molar refractivity (Wildman–Crippen MR) is 95.0 cm³/mol. The molecule has 0 fully saturated rings. The summed E-state index contributed by atoms with van der Waals surface area (Å²) in [5.41, 5.74) is -0.619. The zero-order valence-corrected chi connectivity index (χ0v) is 15.2. The fourth-order valence-corrected chi connectivity index (χ4v) is 2.67. The molecule has 0 saturated carbocycles. The maximum Gasteiger partial charge on any atom is 0.327 e. The fourth-order valence-electron chi connectivity index (χ4n) is 2.67. The summed E-state index contributed by atoms with van der Waals surface area (Å²) in [6.45, 7) is 1.57. The lowest BCUT2D eigenvalue weighted by atomic mass is 10.1. The summed E-state index contributed by atoms with van der Waals surface area (Å²) in [7, 11) is 3.84. The van der Waals surface area contributed by atoms with Crippen LogP contribution in [0.1, 0.15) is 28.9 Å². The number of nitro groups is 1. The largest absolute Gasteiger partial charge is 0.493 e. The Kier molecular flexibility index (Phi) is 6.17. The van der Waals surface area contributed by atoms with Crippen molar-refractivity contribution in [2.24, 2.45) is 0 Å². The van der Waals surface area contributed by atoms with Gasteiger partial charge in [0.15, 0.2) is 5.75 Å². The van der Waals surface area contributed by atoms with Crippen LogP contribution in [0.25, 0.3) is 0 Å². The molecule has 0 saturated heterocycles. The van der Waals surface area contributed by atoms with Gasteiger partial charge in [0.1, 0.15) is 11.4 Å². The minimum absolute atomic E-state index is 0.00889. The Hall–Kier alpha value is -3.36. The van der Waals surface area contributed by atoms with Crippen molar-refractivity contribution in [2.45, 2.75) is 13.0 Å². The monoisotopic (exact) mass is 378 g/mol. The third-order valence-electron chi connectivity index (χ3n) is 3.95. The van der Waals surface area contributed by atoms with Gasteiger partial charge in [-0.2, -0.15) is 0 Å². The number of hydrogen-bond acceptors (Lipinski definition) is 6. The molecule has 1 unspecified atom stereocenters. The Bertz CT molecular complexity index is 871. The summed E-state index contributed by atoms with van der Waals surface area (Å²) in [6.07, 6.45) is 0. The van der Waals surface area contributed by atoms with Crippen LogP contribution in [-0.4, -0.2) is 32.2 Å². The van der Waals surface area contributed by atoms with Crippen LogP contribution < -0.4 is 19.5 Å². The van der Waals surface area contributed by atoms with Gasteiger partial charge in [-0.1, -0.05) is 18.2 Å². The number of carbonyl (C=O) groups excluding carboxylic acids is 1. The number of rotatable bonds is 7. The lowest BCUT2D eigenvalue weighted by Crippen LogP contribution is -2.28. The van der Waals surface area contributed by atoms with Crippen LogP contribution in [0.5, 0.6) is 17.2 Å². The zero-order valence-electron chi connectivity index (χ0n) is 15.2. The first-order chi connectivity index (χ1) is 12.8. The molecule has 0 heterocycles. The van der Waals surface area contributed by atoms with Crippen LogP contribution in [0.15, 0.2) is 30.3 Å². The number of benzene rings is 2. The average molecular weight is 378 g/mol. The lowest BCUT2D eigenvalue weighted by molar-refractivity contribution is -0.386. The van der Waals surface area contributed by atoms with E-state index in [4.69, 9.17) is 14.2 Å². The van der Waals surface area contributed by atoms with E-state index in [0.29, 0.717) is 0 Å². The standard InChI is InChI=1S/C18H19FN2O6/c1-10(11-7-5-6-8-13(11)19)20-18(22)12-9-14(25-2)16(26-3)17(27-4)15(12)21(23)24/h5-10H,1-4H3,(H,20,22). The summed E-state index contributed by atoms with van der Waals surface area (Å²) >= 11 is 0. The summed E-state index contributed by atoms with van der Waals surface area (Å²) in [4.78, 5) is 23.5. The zero-order chi connectivity index (χ0) is 20.1. The summed E-state index contributed by atoms with van der Waals surface area (Å²) in [6, 6.07) is 6.39. The molecule has 1 N–H and O–H groups in total. The average Bonchev–Trinajstić information content (AvgIpc) is 2.65. The van der Waals surface area contributed by atoms with Gasteiger partial charge < -0.3 is 19.5 Å². The number of carbonyl (C=O) groups is 1. The van der Waals surface area contributed by atoms with Crippen LogP contribution in [0.2, 0.25) is 0 Å². The fraction of sp³-hybridized carbons (Fsp3) is 0.278. The maximum atomic E-state index is 13.9. The topological polar surface area (TPSA) is 99.9 Å². The van der Waals surface area contributed by atoms with Gasteiger partial charge in [-0.3, -0.25) is 14.9 Å². The van der Waals surface area contributed by atoms with Crippen LogP contribution >= 0.6 is 0 Å². The molecule has 9 heteroatoms. The molecule has 2 aromatic carbocycles. The summed E-state index contributed by atoms with van der Waals surface area (Å²) in [5, 5.41) is 14.1. The normalized spacial score (nSPS) is 11.4. The van der Waals surface area contributed by atoms with E-state index in [1.165, 1.54) is 45.6 Å². The van der Waals surface area contributed by atoms with Gasteiger partial charge in [0.25, 0.3) is 5.91 Å². The Balaban J connectivity index is 2.51. The van der Waals surface area contributed by atoms with E-state index in [-0.39, 0.29) is 28.4 Å².